The second-order valence-electron chi connectivity index (χ2n) is 5.50. The lowest BCUT2D eigenvalue weighted by atomic mass is 9.62. The minimum Gasteiger partial charge on any atom is -0.490 e. The molecule has 0 heterocycles. The van der Waals surface area contributed by atoms with E-state index in [1.807, 2.05) is 0 Å². The molecule has 0 spiro atoms. The van der Waals surface area contributed by atoms with Crippen molar-refractivity contribution in [2.24, 2.45) is 5.41 Å². The molecule has 112 valence electrons. The zero-order valence-corrected chi connectivity index (χ0v) is 13.7. The van der Waals surface area contributed by atoms with E-state index in [2.05, 4.69) is 13.8 Å². The Morgan fingerprint density at radius 1 is 1.35 bits per heavy atom. The Morgan fingerprint density at radius 3 is 2.50 bits per heavy atom. The van der Waals surface area contributed by atoms with Gasteiger partial charge in [-0.2, -0.15) is 0 Å². The van der Waals surface area contributed by atoms with E-state index in [9.17, 15) is 8.42 Å². The molecule has 1 fully saturated rings. The predicted molar refractivity (Wildman–Crippen MR) is 81.2 cm³/mol. The van der Waals surface area contributed by atoms with Crippen molar-refractivity contribution in [3.8, 4) is 5.75 Å². The fourth-order valence-corrected chi connectivity index (χ4v) is 4.22. The van der Waals surface area contributed by atoms with Crippen LogP contribution in [0.15, 0.2) is 29.2 Å². The topological polar surface area (TPSA) is 43.4 Å². The summed E-state index contributed by atoms with van der Waals surface area (Å²) in [5, 5.41) is 0.139. The maximum Gasteiger partial charge on any atom is 0.175 e. The van der Waals surface area contributed by atoms with Crippen LogP contribution in [0.2, 0.25) is 0 Å². The van der Waals surface area contributed by atoms with E-state index >= 15 is 0 Å². The Balaban J connectivity index is 2.20. The van der Waals surface area contributed by atoms with Gasteiger partial charge in [0.15, 0.2) is 9.84 Å². The Labute approximate surface area is 126 Å². The molecule has 0 aromatic heterocycles. The van der Waals surface area contributed by atoms with Crippen LogP contribution in [0.1, 0.15) is 33.1 Å². The van der Waals surface area contributed by atoms with E-state index in [0.717, 1.165) is 19.3 Å². The summed E-state index contributed by atoms with van der Waals surface area (Å²) < 4.78 is 29.1. The van der Waals surface area contributed by atoms with E-state index < -0.39 is 9.84 Å². The number of hydrogen-bond acceptors (Lipinski definition) is 3. The van der Waals surface area contributed by atoms with Crippen molar-refractivity contribution in [3.05, 3.63) is 24.3 Å². The molecule has 3 nitrogen and oxygen atoms in total. The highest BCUT2D eigenvalue weighted by molar-refractivity contribution is 7.90. The first-order valence-electron chi connectivity index (χ1n) is 6.94. The summed E-state index contributed by atoms with van der Waals surface area (Å²) in [4.78, 5) is 0.287. The lowest BCUT2D eigenvalue weighted by Crippen LogP contribution is -2.56. The molecule has 1 aromatic carbocycles. The molecule has 0 amide bonds. The molecule has 1 aromatic rings. The first kappa shape index (κ1) is 15.6. The largest absolute Gasteiger partial charge is 0.490 e. The quantitative estimate of drug-likeness (QED) is 0.779. The van der Waals surface area contributed by atoms with Crippen molar-refractivity contribution in [2.45, 2.75) is 49.5 Å². The maximum atomic E-state index is 11.6. The molecule has 0 saturated heterocycles. The van der Waals surface area contributed by atoms with Crippen molar-refractivity contribution < 1.29 is 13.2 Å². The molecule has 2 atom stereocenters. The van der Waals surface area contributed by atoms with Gasteiger partial charge in [0.2, 0.25) is 0 Å². The van der Waals surface area contributed by atoms with Crippen molar-refractivity contribution in [3.63, 3.8) is 0 Å². The van der Waals surface area contributed by atoms with Gasteiger partial charge in [-0.3, -0.25) is 0 Å². The molecule has 2 unspecified atom stereocenters. The number of hydrogen-bond donors (Lipinski definition) is 0. The number of sulfone groups is 1. The van der Waals surface area contributed by atoms with Gasteiger partial charge in [0, 0.05) is 23.5 Å². The normalized spacial score (nSPS) is 25.0. The average Bonchev–Trinajstić information content (AvgIpc) is 2.39. The fraction of sp³-hybridized carbons (Fsp3) is 0.600. The summed E-state index contributed by atoms with van der Waals surface area (Å²) >= 11 is 6.36. The number of halogens is 1. The molecule has 0 radical (unpaired) electrons. The summed E-state index contributed by atoms with van der Waals surface area (Å²) in [7, 11) is -3.21. The van der Waals surface area contributed by atoms with Crippen molar-refractivity contribution in [1.82, 2.24) is 0 Å². The number of rotatable bonds is 5. The highest BCUT2D eigenvalue weighted by Crippen LogP contribution is 2.51. The minimum atomic E-state index is -3.21. The van der Waals surface area contributed by atoms with Crippen LogP contribution < -0.4 is 4.74 Å². The summed E-state index contributed by atoms with van der Waals surface area (Å²) in [5.74, 6) is 0.604. The molecule has 0 N–H and O–H groups in total. The first-order valence-corrected chi connectivity index (χ1v) is 9.27. The van der Waals surface area contributed by atoms with Crippen LogP contribution >= 0.6 is 11.6 Å². The van der Waals surface area contributed by atoms with E-state index in [1.54, 1.807) is 24.3 Å². The third kappa shape index (κ3) is 2.68. The van der Waals surface area contributed by atoms with Gasteiger partial charge in [-0.05, 0) is 31.0 Å². The first-order chi connectivity index (χ1) is 9.33. The van der Waals surface area contributed by atoms with E-state index in [-0.39, 0.29) is 21.8 Å². The van der Waals surface area contributed by atoms with Crippen molar-refractivity contribution in [1.29, 1.82) is 0 Å². The van der Waals surface area contributed by atoms with Gasteiger partial charge in [-0.15, -0.1) is 11.6 Å². The smallest absolute Gasteiger partial charge is 0.175 e. The second-order valence-corrected chi connectivity index (χ2v) is 8.04. The molecule has 5 heteroatoms. The molecule has 0 aliphatic heterocycles. The Hall–Kier alpha value is -0.740. The molecule has 1 saturated carbocycles. The summed E-state index contributed by atoms with van der Waals surface area (Å²) in [6, 6.07) is 6.68. The summed E-state index contributed by atoms with van der Waals surface area (Å²) in [5.41, 5.74) is 0.00263. The van der Waals surface area contributed by atoms with Crippen molar-refractivity contribution >= 4 is 21.4 Å². The summed E-state index contributed by atoms with van der Waals surface area (Å²) in [6.45, 7) is 4.25. The Morgan fingerprint density at radius 2 is 2.00 bits per heavy atom. The van der Waals surface area contributed by atoms with Gasteiger partial charge in [0.25, 0.3) is 0 Å². The van der Waals surface area contributed by atoms with Crippen LogP contribution in [0.3, 0.4) is 0 Å². The monoisotopic (exact) mass is 316 g/mol. The van der Waals surface area contributed by atoms with Crippen LogP contribution in [0.4, 0.5) is 0 Å². The maximum absolute atomic E-state index is 11.6. The van der Waals surface area contributed by atoms with Gasteiger partial charge >= 0.3 is 0 Å². The number of ether oxygens (including phenoxy) is 1. The fourth-order valence-electron chi connectivity index (χ4n) is 2.95. The standard InChI is InChI=1S/C15H21ClO3S/c1-4-15(5-2)13(16)10-14(15)19-11-7-6-8-12(9-11)20(3,17)18/h6-9,13-14H,4-5,10H2,1-3H3. The predicted octanol–water partition coefficient (Wildman–Crippen LogP) is 3.66. The van der Waals surface area contributed by atoms with Gasteiger partial charge in [0.05, 0.1) is 4.90 Å². The SMILES string of the molecule is CCC1(CC)C(Cl)CC1Oc1cccc(S(C)(=O)=O)c1. The summed E-state index contributed by atoms with van der Waals surface area (Å²) in [6.07, 6.45) is 4.01. The van der Waals surface area contributed by atoms with Crippen LogP contribution in [0.25, 0.3) is 0 Å². The van der Waals surface area contributed by atoms with E-state index in [4.69, 9.17) is 16.3 Å². The van der Waals surface area contributed by atoms with Crippen LogP contribution in [-0.4, -0.2) is 26.2 Å². The molecule has 0 bridgehead atoms. The average molecular weight is 317 g/mol. The lowest BCUT2D eigenvalue weighted by molar-refractivity contribution is -0.0463. The highest BCUT2D eigenvalue weighted by Gasteiger charge is 2.53. The molecule has 1 aliphatic rings. The van der Waals surface area contributed by atoms with E-state index in [1.165, 1.54) is 6.26 Å². The van der Waals surface area contributed by atoms with Gasteiger partial charge in [0.1, 0.15) is 11.9 Å². The number of benzene rings is 1. The van der Waals surface area contributed by atoms with Crippen molar-refractivity contribution in [2.75, 3.05) is 6.26 Å². The zero-order chi connectivity index (χ0) is 15.0. The van der Waals surface area contributed by atoms with Gasteiger partial charge in [-0.1, -0.05) is 19.9 Å². The zero-order valence-electron chi connectivity index (χ0n) is 12.1. The molecule has 1 aliphatic carbocycles. The molecule has 2 rings (SSSR count). The third-order valence-corrected chi connectivity index (χ3v) is 6.24. The van der Waals surface area contributed by atoms with Crippen LogP contribution in [-0.2, 0) is 9.84 Å². The highest BCUT2D eigenvalue weighted by atomic mass is 35.5. The Kier molecular flexibility index (Phi) is 4.35. The van der Waals surface area contributed by atoms with Crippen LogP contribution in [0.5, 0.6) is 5.75 Å². The number of alkyl halides is 1. The molecular weight excluding hydrogens is 296 g/mol. The molecular formula is C15H21ClO3S. The third-order valence-electron chi connectivity index (χ3n) is 4.51. The van der Waals surface area contributed by atoms with Gasteiger partial charge < -0.3 is 4.74 Å². The minimum absolute atomic E-state index is 0.00263. The second kappa shape index (κ2) is 5.57. The van der Waals surface area contributed by atoms with Gasteiger partial charge in [-0.25, -0.2) is 8.42 Å². The van der Waals surface area contributed by atoms with Crippen LogP contribution in [0, 0.1) is 5.41 Å². The Bertz CT molecular complexity index is 579. The van der Waals surface area contributed by atoms with E-state index in [0.29, 0.717) is 5.75 Å². The molecule has 20 heavy (non-hydrogen) atoms. The lowest BCUT2D eigenvalue weighted by Gasteiger charge is -2.52.